The fourth-order valence-electron chi connectivity index (χ4n) is 6.17. The van der Waals surface area contributed by atoms with Crippen molar-refractivity contribution in [2.75, 3.05) is 6.61 Å². The van der Waals surface area contributed by atoms with Gasteiger partial charge in [-0.25, -0.2) is 0 Å². The van der Waals surface area contributed by atoms with Crippen LogP contribution in [0.5, 0.6) is 23.0 Å². The number of hydrogen-bond acceptors (Lipinski definition) is 19. The first kappa shape index (κ1) is 38.1. The van der Waals surface area contributed by atoms with Gasteiger partial charge in [0.2, 0.25) is 23.8 Å². The van der Waals surface area contributed by atoms with E-state index in [4.69, 9.17) is 32.8 Å². The Labute approximate surface area is 293 Å². The Bertz CT molecular complexity index is 1770. The third-order valence-corrected chi connectivity index (χ3v) is 9.25. The number of aromatic hydroxyl groups is 2. The van der Waals surface area contributed by atoms with Crippen molar-refractivity contribution in [3.8, 4) is 34.3 Å². The smallest absolute Gasteiger partial charge is 0.239 e. The highest BCUT2D eigenvalue weighted by Crippen LogP contribution is 2.39. The Morgan fingerprint density at radius 2 is 1.27 bits per heavy atom. The van der Waals surface area contributed by atoms with Crippen LogP contribution in [0.15, 0.2) is 45.6 Å². The number of aliphatic hydroxyl groups excluding tert-OH is 9. The maximum Gasteiger partial charge on any atom is 0.239 e. The van der Waals surface area contributed by atoms with Crippen molar-refractivity contribution in [3.63, 3.8) is 0 Å². The number of phenols is 2. The summed E-state index contributed by atoms with van der Waals surface area (Å²) in [4.78, 5) is 14.2. The molecule has 0 spiro atoms. The van der Waals surface area contributed by atoms with E-state index < -0.39 is 121 Å². The molecule has 6 rings (SSSR count). The van der Waals surface area contributed by atoms with Crippen molar-refractivity contribution in [1.29, 1.82) is 0 Å². The van der Waals surface area contributed by atoms with Crippen LogP contribution in [-0.2, 0) is 18.9 Å². The summed E-state index contributed by atoms with van der Waals surface area (Å²) in [5.74, 6) is -2.07. The monoisotopic (exact) mass is 740 g/mol. The Morgan fingerprint density at radius 3 is 1.88 bits per heavy atom. The van der Waals surface area contributed by atoms with E-state index >= 15 is 0 Å². The molecule has 3 fully saturated rings. The molecule has 15 atom stereocenters. The number of benzene rings is 2. The first-order valence-electron chi connectivity index (χ1n) is 16.2. The first-order chi connectivity index (χ1) is 24.6. The molecule has 0 saturated carbocycles. The van der Waals surface area contributed by atoms with Gasteiger partial charge < -0.3 is 89.0 Å². The summed E-state index contributed by atoms with van der Waals surface area (Å²) in [5, 5.41) is 114. The summed E-state index contributed by atoms with van der Waals surface area (Å²) in [6.45, 7) is 1.97. The van der Waals surface area contributed by atoms with Gasteiger partial charge in [-0.05, 0) is 38.1 Å². The van der Waals surface area contributed by atoms with Gasteiger partial charge in [0.25, 0.3) is 0 Å². The number of fused-ring (bicyclic) bond motifs is 1. The molecule has 11 N–H and O–H groups in total. The van der Waals surface area contributed by atoms with Crippen LogP contribution < -0.4 is 14.9 Å². The van der Waals surface area contributed by atoms with Crippen molar-refractivity contribution in [2.24, 2.45) is 0 Å². The van der Waals surface area contributed by atoms with Crippen LogP contribution in [0.25, 0.3) is 22.3 Å². The van der Waals surface area contributed by atoms with E-state index in [2.05, 4.69) is 0 Å². The maximum absolute atomic E-state index is 14.2. The Hall–Kier alpha value is -3.67. The highest BCUT2D eigenvalue weighted by Gasteiger charge is 2.51. The third kappa shape index (κ3) is 7.03. The summed E-state index contributed by atoms with van der Waals surface area (Å²) < 4.78 is 40.1. The zero-order valence-corrected chi connectivity index (χ0v) is 27.5. The Morgan fingerprint density at radius 1 is 0.673 bits per heavy atom. The molecule has 3 aliphatic rings. The molecule has 4 heterocycles. The van der Waals surface area contributed by atoms with Gasteiger partial charge in [-0.15, -0.1) is 0 Å². The molecular formula is C33H40O19. The van der Waals surface area contributed by atoms with Gasteiger partial charge in [0.15, 0.2) is 18.2 Å². The predicted molar refractivity (Wildman–Crippen MR) is 170 cm³/mol. The molecule has 0 aliphatic carbocycles. The molecular weight excluding hydrogens is 700 g/mol. The minimum Gasteiger partial charge on any atom is -0.508 e. The molecule has 286 valence electrons. The second kappa shape index (κ2) is 15.0. The predicted octanol–water partition coefficient (Wildman–Crippen LogP) is -2.89. The number of ether oxygens (including phenoxy) is 6. The maximum atomic E-state index is 14.2. The molecule has 19 heteroatoms. The fourth-order valence-corrected chi connectivity index (χ4v) is 6.17. The number of hydrogen-bond donors (Lipinski definition) is 11. The second-order valence-electron chi connectivity index (χ2n) is 12.9. The van der Waals surface area contributed by atoms with Crippen LogP contribution in [-0.4, -0.2) is 155 Å². The highest BCUT2D eigenvalue weighted by molar-refractivity contribution is 5.88. The van der Waals surface area contributed by atoms with Crippen LogP contribution in [0.3, 0.4) is 0 Å². The summed E-state index contributed by atoms with van der Waals surface area (Å²) in [6, 6.07) is 7.36. The molecule has 0 bridgehead atoms. The number of rotatable bonds is 8. The zero-order valence-electron chi connectivity index (χ0n) is 27.5. The van der Waals surface area contributed by atoms with E-state index in [9.17, 15) is 61.0 Å². The number of phenolic OH excluding ortho intramolecular Hbond substituents is 2. The van der Waals surface area contributed by atoms with Crippen LogP contribution in [0.2, 0.25) is 0 Å². The Kier molecular flexibility index (Phi) is 11.0. The molecule has 3 aliphatic heterocycles. The highest BCUT2D eigenvalue weighted by atomic mass is 16.8. The lowest BCUT2D eigenvalue weighted by Gasteiger charge is -2.45. The van der Waals surface area contributed by atoms with Crippen molar-refractivity contribution in [1.82, 2.24) is 0 Å². The molecule has 0 amide bonds. The molecule has 19 nitrogen and oxygen atoms in total. The van der Waals surface area contributed by atoms with Gasteiger partial charge in [-0.2, -0.15) is 0 Å². The average Bonchev–Trinajstić information content (AvgIpc) is 3.11. The quantitative estimate of drug-likeness (QED) is 0.110. The lowest BCUT2D eigenvalue weighted by molar-refractivity contribution is -0.354. The van der Waals surface area contributed by atoms with Crippen LogP contribution >= 0.6 is 0 Å². The minimum atomic E-state index is -1.93. The fraction of sp³-hybridized carbons (Fsp3) is 0.545. The standard InChI is InChI=1S/C33H40O19/c1-10-19(37)23(41)26(44)31(46-10)48-14-7-15(36)18-16(8-14)49-28(12-3-5-13(35)6-4-12)29(22(18)40)51-33-30(25(43)21(39)17(9-34)50-33)52-32-27(45)24(42)20(38)11(2)47-32/h3-8,10-11,17,19-21,23-27,30-39,41-45H,9H2,1-2H3/t10-,11+,17+,19+,20+,21+,23+,24-,25-,26-,27+,30+,31-,32-,33-/m1/s1. The van der Waals surface area contributed by atoms with Gasteiger partial charge in [-0.1, -0.05) is 0 Å². The van der Waals surface area contributed by atoms with E-state index in [-0.39, 0.29) is 28.4 Å². The van der Waals surface area contributed by atoms with Gasteiger partial charge >= 0.3 is 0 Å². The largest absolute Gasteiger partial charge is 0.508 e. The van der Waals surface area contributed by atoms with Crippen molar-refractivity contribution in [3.05, 3.63) is 46.6 Å². The summed E-state index contributed by atoms with van der Waals surface area (Å²) >= 11 is 0. The van der Waals surface area contributed by atoms with Crippen molar-refractivity contribution >= 4 is 11.0 Å². The van der Waals surface area contributed by atoms with E-state index in [0.717, 1.165) is 12.1 Å². The molecule has 1 aromatic heterocycles. The third-order valence-electron chi connectivity index (χ3n) is 9.25. The van der Waals surface area contributed by atoms with Crippen LogP contribution in [0.4, 0.5) is 0 Å². The van der Waals surface area contributed by atoms with Gasteiger partial charge in [0, 0.05) is 17.7 Å². The van der Waals surface area contributed by atoms with E-state index in [1.54, 1.807) is 0 Å². The first-order valence-corrected chi connectivity index (χ1v) is 16.2. The topological polar surface area (TPSA) is 308 Å². The molecule has 52 heavy (non-hydrogen) atoms. The molecule has 0 unspecified atom stereocenters. The van der Waals surface area contributed by atoms with Gasteiger partial charge in [-0.3, -0.25) is 4.79 Å². The average molecular weight is 741 g/mol. The molecule has 2 aromatic carbocycles. The lowest BCUT2D eigenvalue weighted by Crippen LogP contribution is -2.64. The zero-order chi connectivity index (χ0) is 37.8. The van der Waals surface area contributed by atoms with E-state index in [1.807, 2.05) is 0 Å². The summed E-state index contributed by atoms with van der Waals surface area (Å²) in [5.41, 5.74) is -1.20. The van der Waals surface area contributed by atoms with E-state index in [1.165, 1.54) is 38.1 Å². The van der Waals surface area contributed by atoms with Crippen LogP contribution in [0.1, 0.15) is 13.8 Å². The molecule has 0 radical (unpaired) electrons. The lowest BCUT2D eigenvalue weighted by atomic mass is 9.97. The van der Waals surface area contributed by atoms with Crippen LogP contribution in [0, 0.1) is 0 Å². The van der Waals surface area contributed by atoms with Gasteiger partial charge in [0.1, 0.15) is 83.2 Å². The minimum absolute atomic E-state index is 0.124. The van der Waals surface area contributed by atoms with E-state index in [0.29, 0.717) is 0 Å². The van der Waals surface area contributed by atoms with Crippen molar-refractivity contribution in [2.45, 2.75) is 106 Å². The SMILES string of the molecule is C[C@@H]1O[C@H](O[C@@H]2[C@@H](Oc3c(-c4ccc(O)cc4)oc4cc(O[C@H]5O[C@H](C)[C@H](O)[C@H](O)[C@H]5O)cc(O)c4c3=O)O[C@@H](CO)[C@H](O)[C@H]2O)[C@@H](O)[C@H](O)[C@H]1O. The summed E-state index contributed by atoms with van der Waals surface area (Å²) in [7, 11) is 0. The normalized spacial score (nSPS) is 38.2. The Balaban J connectivity index is 1.41. The number of aliphatic hydroxyl groups is 9. The summed E-state index contributed by atoms with van der Waals surface area (Å²) in [6.07, 6.45) is -24.1. The second-order valence-corrected chi connectivity index (χ2v) is 12.9. The van der Waals surface area contributed by atoms with Crippen molar-refractivity contribution < 1.29 is 89.0 Å². The molecule has 3 aromatic rings. The molecule has 3 saturated heterocycles. The van der Waals surface area contributed by atoms with Gasteiger partial charge in [0.05, 0.1) is 18.8 Å².